The number of aromatic nitrogens is 2. The predicted octanol–water partition coefficient (Wildman–Crippen LogP) is 4.79. The Morgan fingerprint density at radius 2 is 1.60 bits per heavy atom. The molecule has 25 heavy (non-hydrogen) atoms. The van der Waals surface area contributed by atoms with E-state index in [-0.39, 0.29) is 5.56 Å². The van der Waals surface area contributed by atoms with Crippen LogP contribution in [0.3, 0.4) is 0 Å². The van der Waals surface area contributed by atoms with Crippen LogP contribution in [-0.2, 0) is 6.54 Å². The third kappa shape index (κ3) is 3.01. The molecule has 0 saturated heterocycles. The Morgan fingerprint density at radius 1 is 0.960 bits per heavy atom. The molecule has 0 aliphatic carbocycles. The van der Waals surface area contributed by atoms with Gasteiger partial charge in [-0.05, 0) is 25.0 Å². The number of nitrogens with zero attached hydrogens (tertiary/aromatic N) is 2. The summed E-state index contributed by atoms with van der Waals surface area (Å²) in [7, 11) is 0. The van der Waals surface area contributed by atoms with Crippen LogP contribution in [0.4, 0.5) is 0 Å². The quantitative estimate of drug-likeness (QED) is 0.534. The molecule has 0 aliphatic heterocycles. The summed E-state index contributed by atoms with van der Waals surface area (Å²) in [4.78, 5) is 18.3. The SMILES string of the molecule is Cc1ccc(Cn2cnc3scc(-c4ccc(C)cc4)c3c2=O)cc1. The van der Waals surface area contributed by atoms with Crippen molar-refractivity contribution in [2.45, 2.75) is 20.4 Å². The van der Waals surface area contributed by atoms with Crippen molar-refractivity contribution in [1.29, 1.82) is 0 Å². The van der Waals surface area contributed by atoms with E-state index >= 15 is 0 Å². The third-order valence-corrected chi connectivity index (χ3v) is 5.28. The van der Waals surface area contributed by atoms with Crippen molar-refractivity contribution in [2.75, 3.05) is 0 Å². The smallest absolute Gasteiger partial charge is 0.263 e. The van der Waals surface area contributed by atoms with Crippen LogP contribution < -0.4 is 5.56 Å². The van der Waals surface area contributed by atoms with Crippen molar-refractivity contribution < 1.29 is 0 Å². The van der Waals surface area contributed by atoms with Gasteiger partial charge in [0, 0.05) is 10.9 Å². The number of hydrogen-bond acceptors (Lipinski definition) is 3. The van der Waals surface area contributed by atoms with E-state index in [9.17, 15) is 4.79 Å². The average molecular weight is 346 g/mol. The van der Waals surface area contributed by atoms with Crippen molar-refractivity contribution in [3.8, 4) is 11.1 Å². The van der Waals surface area contributed by atoms with Crippen LogP contribution in [0.25, 0.3) is 21.3 Å². The zero-order valence-electron chi connectivity index (χ0n) is 14.2. The van der Waals surface area contributed by atoms with Crippen LogP contribution in [0.2, 0.25) is 0 Å². The maximum absolute atomic E-state index is 13.1. The normalized spacial score (nSPS) is 11.1. The average Bonchev–Trinajstić information content (AvgIpc) is 3.05. The Kier molecular flexibility index (Phi) is 3.98. The first-order valence-corrected chi connectivity index (χ1v) is 9.09. The zero-order valence-corrected chi connectivity index (χ0v) is 15.0. The van der Waals surface area contributed by atoms with E-state index in [2.05, 4.69) is 67.4 Å². The first kappa shape index (κ1) is 15.8. The van der Waals surface area contributed by atoms with Gasteiger partial charge in [-0.1, -0.05) is 59.7 Å². The van der Waals surface area contributed by atoms with Crippen LogP contribution in [0.1, 0.15) is 16.7 Å². The molecule has 0 amide bonds. The molecule has 0 spiro atoms. The van der Waals surface area contributed by atoms with Crippen molar-refractivity contribution in [1.82, 2.24) is 9.55 Å². The molecule has 0 fully saturated rings. The van der Waals surface area contributed by atoms with Crippen LogP contribution in [0.5, 0.6) is 0 Å². The molecule has 0 unspecified atom stereocenters. The molecular weight excluding hydrogens is 328 g/mol. The number of aryl methyl sites for hydroxylation is 2. The van der Waals surface area contributed by atoms with Gasteiger partial charge in [-0.15, -0.1) is 11.3 Å². The summed E-state index contributed by atoms with van der Waals surface area (Å²) in [5.74, 6) is 0. The van der Waals surface area contributed by atoms with Crippen LogP contribution >= 0.6 is 11.3 Å². The fourth-order valence-corrected chi connectivity index (χ4v) is 3.82. The Labute approximate surface area is 150 Å². The van der Waals surface area contributed by atoms with E-state index in [0.29, 0.717) is 11.9 Å². The maximum atomic E-state index is 13.1. The summed E-state index contributed by atoms with van der Waals surface area (Å²) in [5, 5.41) is 2.74. The summed E-state index contributed by atoms with van der Waals surface area (Å²) in [6, 6.07) is 16.5. The van der Waals surface area contributed by atoms with Gasteiger partial charge in [0.25, 0.3) is 5.56 Å². The molecule has 124 valence electrons. The van der Waals surface area contributed by atoms with Crippen molar-refractivity contribution in [3.63, 3.8) is 0 Å². The molecule has 0 saturated carbocycles. The van der Waals surface area contributed by atoms with Crippen molar-refractivity contribution >= 4 is 21.6 Å². The van der Waals surface area contributed by atoms with Gasteiger partial charge in [0.2, 0.25) is 0 Å². The largest absolute Gasteiger partial charge is 0.294 e. The molecule has 0 atom stereocenters. The second-order valence-electron chi connectivity index (χ2n) is 6.36. The van der Waals surface area contributed by atoms with Crippen molar-refractivity contribution in [3.05, 3.63) is 87.3 Å². The number of fused-ring (bicyclic) bond motifs is 1. The highest BCUT2D eigenvalue weighted by atomic mass is 32.1. The highest BCUT2D eigenvalue weighted by Crippen LogP contribution is 2.30. The van der Waals surface area contributed by atoms with E-state index < -0.39 is 0 Å². The summed E-state index contributed by atoms with van der Waals surface area (Å²) >= 11 is 1.52. The van der Waals surface area contributed by atoms with E-state index in [0.717, 1.165) is 21.5 Å². The van der Waals surface area contributed by atoms with Gasteiger partial charge < -0.3 is 0 Å². The van der Waals surface area contributed by atoms with Crippen LogP contribution in [-0.4, -0.2) is 9.55 Å². The number of hydrogen-bond donors (Lipinski definition) is 0. The summed E-state index contributed by atoms with van der Waals surface area (Å²) in [6.45, 7) is 4.65. The lowest BCUT2D eigenvalue weighted by molar-refractivity contribution is 0.749. The minimum Gasteiger partial charge on any atom is -0.294 e. The summed E-state index contributed by atoms with van der Waals surface area (Å²) in [6.07, 6.45) is 1.65. The standard InChI is InChI=1S/C21H18N2OS/c1-14-3-7-16(8-4-14)11-23-13-22-20-19(21(23)24)18(12-25-20)17-9-5-15(2)6-10-17/h3-10,12-13H,11H2,1-2H3. The molecule has 0 bridgehead atoms. The summed E-state index contributed by atoms with van der Waals surface area (Å²) in [5.41, 5.74) is 5.56. The van der Waals surface area contributed by atoms with E-state index in [4.69, 9.17) is 0 Å². The lowest BCUT2D eigenvalue weighted by Crippen LogP contribution is -2.20. The van der Waals surface area contributed by atoms with Gasteiger partial charge in [-0.3, -0.25) is 9.36 Å². The van der Waals surface area contributed by atoms with Crippen molar-refractivity contribution in [2.24, 2.45) is 0 Å². The van der Waals surface area contributed by atoms with E-state index in [1.807, 2.05) is 5.38 Å². The molecule has 4 aromatic rings. The Bertz CT molecular complexity index is 1090. The number of rotatable bonds is 3. The molecular formula is C21H18N2OS. The minimum atomic E-state index is 0.0161. The van der Waals surface area contributed by atoms with Gasteiger partial charge in [0.15, 0.2) is 0 Å². The molecule has 0 aliphatic rings. The monoisotopic (exact) mass is 346 g/mol. The topological polar surface area (TPSA) is 34.9 Å². The van der Waals surface area contributed by atoms with Gasteiger partial charge >= 0.3 is 0 Å². The minimum absolute atomic E-state index is 0.0161. The van der Waals surface area contributed by atoms with Crippen LogP contribution in [0, 0.1) is 13.8 Å². The third-order valence-electron chi connectivity index (χ3n) is 4.40. The fraction of sp³-hybridized carbons (Fsp3) is 0.143. The second-order valence-corrected chi connectivity index (χ2v) is 7.22. The fourth-order valence-electron chi connectivity index (χ4n) is 2.92. The number of thiophene rings is 1. The predicted molar refractivity (Wildman–Crippen MR) is 104 cm³/mol. The first-order valence-electron chi connectivity index (χ1n) is 8.21. The number of benzene rings is 2. The Hall–Kier alpha value is -2.72. The van der Waals surface area contributed by atoms with Crippen LogP contribution in [0.15, 0.2) is 65.0 Å². The zero-order chi connectivity index (χ0) is 17.4. The molecule has 2 aromatic carbocycles. The van der Waals surface area contributed by atoms with Gasteiger partial charge in [-0.2, -0.15) is 0 Å². The molecule has 4 rings (SSSR count). The Morgan fingerprint density at radius 3 is 2.28 bits per heavy atom. The highest BCUT2D eigenvalue weighted by molar-refractivity contribution is 7.17. The molecule has 3 nitrogen and oxygen atoms in total. The molecule has 2 aromatic heterocycles. The van der Waals surface area contributed by atoms with Gasteiger partial charge in [0.05, 0.1) is 18.3 Å². The lowest BCUT2D eigenvalue weighted by Gasteiger charge is -2.07. The first-order chi connectivity index (χ1) is 12.1. The van der Waals surface area contributed by atoms with Gasteiger partial charge in [-0.25, -0.2) is 4.98 Å². The molecule has 2 heterocycles. The second kappa shape index (κ2) is 6.30. The molecule has 0 N–H and O–H groups in total. The Balaban J connectivity index is 1.81. The van der Waals surface area contributed by atoms with Gasteiger partial charge in [0.1, 0.15) is 4.83 Å². The molecule has 0 radical (unpaired) electrons. The lowest BCUT2D eigenvalue weighted by atomic mass is 10.1. The highest BCUT2D eigenvalue weighted by Gasteiger charge is 2.13. The van der Waals surface area contributed by atoms with E-state index in [1.54, 1.807) is 10.9 Å². The molecule has 4 heteroatoms. The summed E-state index contributed by atoms with van der Waals surface area (Å²) < 4.78 is 1.69. The van der Waals surface area contributed by atoms with E-state index in [1.165, 1.54) is 22.5 Å². The maximum Gasteiger partial charge on any atom is 0.263 e.